The highest BCUT2D eigenvalue weighted by atomic mass is 16.5. The molecule has 1 atom stereocenters. The molecule has 1 unspecified atom stereocenters. The van der Waals surface area contributed by atoms with Gasteiger partial charge in [0.1, 0.15) is 24.3 Å². The fourth-order valence-corrected chi connectivity index (χ4v) is 4.36. The Hall–Kier alpha value is -3.60. The van der Waals surface area contributed by atoms with E-state index in [0.29, 0.717) is 29.9 Å². The van der Waals surface area contributed by atoms with Gasteiger partial charge in [-0.05, 0) is 38.1 Å². The van der Waals surface area contributed by atoms with E-state index in [9.17, 15) is 5.11 Å². The lowest BCUT2D eigenvalue weighted by atomic mass is 10.1. The van der Waals surface area contributed by atoms with Crippen LogP contribution in [0, 0.1) is 0 Å². The van der Waals surface area contributed by atoms with Crippen molar-refractivity contribution in [1.29, 1.82) is 0 Å². The molecule has 4 aromatic rings. The number of anilines is 1. The lowest BCUT2D eigenvalue weighted by molar-refractivity contribution is 0.0853. The molecular formula is C26H31N7O3. The van der Waals surface area contributed by atoms with Crippen LogP contribution < -0.4 is 15.0 Å². The molecule has 1 fully saturated rings. The number of nitrogens with one attached hydrogen (secondary N) is 1. The van der Waals surface area contributed by atoms with Crippen LogP contribution in [-0.2, 0) is 4.74 Å². The first-order valence-electron chi connectivity index (χ1n) is 12.2. The summed E-state index contributed by atoms with van der Waals surface area (Å²) in [7, 11) is 3.87. The average molecular weight is 490 g/mol. The topological polar surface area (TPSA) is 110 Å². The largest absolute Gasteiger partial charge is 0.491 e. The molecule has 10 heteroatoms. The second kappa shape index (κ2) is 11.0. The Kier molecular flexibility index (Phi) is 7.36. The van der Waals surface area contributed by atoms with Crippen molar-refractivity contribution >= 4 is 11.6 Å². The Bertz CT molecular complexity index is 1310. The molecule has 0 bridgehead atoms. The molecule has 3 aromatic heterocycles. The Labute approximate surface area is 210 Å². The van der Waals surface area contributed by atoms with E-state index in [1.165, 1.54) is 0 Å². The molecule has 1 aliphatic rings. The van der Waals surface area contributed by atoms with Crippen molar-refractivity contribution in [1.82, 2.24) is 29.7 Å². The summed E-state index contributed by atoms with van der Waals surface area (Å²) in [6.07, 6.45) is 6.74. The number of nitrogens with zero attached hydrogens (tertiary/aromatic N) is 6. The van der Waals surface area contributed by atoms with E-state index in [1.807, 2.05) is 47.0 Å². The maximum absolute atomic E-state index is 10.0. The van der Waals surface area contributed by atoms with Crippen molar-refractivity contribution in [3.8, 4) is 28.5 Å². The van der Waals surface area contributed by atoms with E-state index in [2.05, 4.69) is 27.2 Å². The number of aliphatic hydroxyl groups excluding tert-OH is 1. The lowest BCUT2D eigenvalue weighted by Gasteiger charge is -2.32. The van der Waals surface area contributed by atoms with E-state index >= 15 is 0 Å². The van der Waals surface area contributed by atoms with Crippen LogP contribution in [0.4, 0.5) is 5.82 Å². The van der Waals surface area contributed by atoms with Gasteiger partial charge in [0.25, 0.3) is 0 Å². The molecule has 4 heterocycles. The number of likely N-dealkylation sites (N-methyl/N-ethyl adjacent to an activating group) is 1. The highest BCUT2D eigenvalue weighted by Crippen LogP contribution is 2.29. The third kappa shape index (κ3) is 5.30. The van der Waals surface area contributed by atoms with Crippen molar-refractivity contribution in [3.63, 3.8) is 0 Å². The van der Waals surface area contributed by atoms with Crippen LogP contribution in [0.1, 0.15) is 12.8 Å². The third-order valence-electron chi connectivity index (χ3n) is 6.34. The fourth-order valence-electron chi connectivity index (χ4n) is 4.36. The summed E-state index contributed by atoms with van der Waals surface area (Å²) in [6, 6.07) is 11.9. The first-order chi connectivity index (χ1) is 17.6. The molecule has 0 saturated carbocycles. The average Bonchev–Trinajstić information content (AvgIpc) is 3.36. The highest BCUT2D eigenvalue weighted by molar-refractivity contribution is 5.68. The van der Waals surface area contributed by atoms with Gasteiger partial charge in [-0.2, -0.15) is 0 Å². The summed E-state index contributed by atoms with van der Waals surface area (Å²) >= 11 is 0. The van der Waals surface area contributed by atoms with Crippen LogP contribution in [0.2, 0.25) is 0 Å². The number of rotatable bonds is 9. The molecule has 1 saturated heterocycles. The zero-order valence-corrected chi connectivity index (χ0v) is 20.5. The van der Waals surface area contributed by atoms with Gasteiger partial charge in [-0.25, -0.2) is 19.9 Å². The maximum atomic E-state index is 10.0. The minimum absolute atomic E-state index is 0.192. The summed E-state index contributed by atoms with van der Waals surface area (Å²) in [5, 5.41) is 12.9. The van der Waals surface area contributed by atoms with Gasteiger partial charge in [0.05, 0.1) is 17.6 Å². The Morgan fingerprint density at radius 2 is 2.06 bits per heavy atom. The number of aromatic nitrogens is 5. The predicted octanol–water partition coefficient (Wildman–Crippen LogP) is 2.43. The van der Waals surface area contributed by atoms with E-state index < -0.39 is 6.10 Å². The van der Waals surface area contributed by atoms with Gasteiger partial charge in [-0.15, -0.1) is 0 Å². The maximum Gasteiger partial charge on any atom is 0.234 e. The number of hydrogen-bond acceptors (Lipinski definition) is 9. The number of fused-ring (bicyclic) bond motifs is 1. The monoisotopic (exact) mass is 489 g/mol. The fraction of sp³-hybridized carbons (Fsp3) is 0.385. The highest BCUT2D eigenvalue weighted by Gasteiger charge is 2.22. The van der Waals surface area contributed by atoms with Crippen molar-refractivity contribution in [2.24, 2.45) is 0 Å². The number of benzene rings is 1. The first-order valence-corrected chi connectivity index (χ1v) is 12.2. The van der Waals surface area contributed by atoms with Gasteiger partial charge in [0.2, 0.25) is 5.78 Å². The number of hydrogen-bond donors (Lipinski definition) is 2. The van der Waals surface area contributed by atoms with E-state index in [-0.39, 0.29) is 6.61 Å². The van der Waals surface area contributed by atoms with E-state index in [0.717, 1.165) is 48.8 Å². The second-order valence-corrected chi connectivity index (χ2v) is 8.87. The zero-order chi connectivity index (χ0) is 24.9. The molecule has 0 spiro atoms. The van der Waals surface area contributed by atoms with Crippen molar-refractivity contribution in [2.45, 2.75) is 25.0 Å². The lowest BCUT2D eigenvalue weighted by Crippen LogP contribution is -2.37. The Morgan fingerprint density at radius 3 is 2.89 bits per heavy atom. The molecular weight excluding hydrogens is 458 g/mol. The molecule has 1 aliphatic heterocycles. The molecule has 0 radical (unpaired) electrons. The minimum atomic E-state index is -0.596. The smallest absolute Gasteiger partial charge is 0.234 e. The first kappa shape index (κ1) is 24.1. The predicted molar refractivity (Wildman–Crippen MR) is 137 cm³/mol. The van der Waals surface area contributed by atoms with Crippen LogP contribution in [0.15, 0.2) is 55.0 Å². The van der Waals surface area contributed by atoms with Crippen LogP contribution in [0.5, 0.6) is 5.75 Å². The molecule has 0 aliphatic carbocycles. The SMILES string of the molecule is CNCC(O)COc1cccc(-c2nc(-c3cnc4ncccn34)cc(N(C)C3CCOCC3)n2)c1. The van der Waals surface area contributed by atoms with Crippen LogP contribution in [-0.4, -0.2) is 82.0 Å². The van der Waals surface area contributed by atoms with Crippen LogP contribution in [0.25, 0.3) is 28.6 Å². The molecule has 188 valence electrons. The molecule has 2 N–H and O–H groups in total. The summed E-state index contributed by atoms with van der Waals surface area (Å²) in [5.41, 5.74) is 2.42. The van der Waals surface area contributed by atoms with Crippen molar-refractivity contribution in [2.75, 3.05) is 45.4 Å². The van der Waals surface area contributed by atoms with E-state index in [4.69, 9.17) is 19.4 Å². The summed E-state index contributed by atoms with van der Waals surface area (Å²) in [5.74, 6) is 2.68. The van der Waals surface area contributed by atoms with E-state index in [1.54, 1.807) is 19.4 Å². The van der Waals surface area contributed by atoms with Crippen molar-refractivity contribution in [3.05, 3.63) is 55.0 Å². The van der Waals surface area contributed by atoms with Crippen molar-refractivity contribution < 1.29 is 14.6 Å². The summed E-state index contributed by atoms with van der Waals surface area (Å²) < 4.78 is 13.3. The Balaban J connectivity index is 1.53. The number of aliphatic hydroxyl groups is 1. The normalized spacial score (nSPS) is 15.2. The summed E-state index contributed by atoms with van der Waals surface area (Å²) in [4.78, 5) is 20.9. The zero-order valence-electron chi connectivity index (χ0n) is 20.5. The number of ether oxygens (including phenoxy) is 2. The summed E-state index contributed by atoms with van der Waals surface area (Å²) in [6.45, 7) is 2.15. The molecule has 36 heavy (non-hydrogen) atoms. The Morgan fingerprint density at radius 1 is 1.19 bits per heavy atom. The molecule has 1 aromatic carbocycles. The molecule has 5 rings (SSSR count). The van der Waals surface area contributed by atoms with Crippen LogP contribution >= 0.6 is 0 Å². The van der Waals surface area contributed by atoms with Gasteiger partial charge in [-0.3, -0.25) is 4.40 Å². The van der Waals surface area contributed by atoms with Crippen LogP contribution in [0.3, 0.4) is 0 Å². The standard InChI is InChI=1S/C26H31N7O3/c1-27-15-20(34)17-36-21-6-3-5-18(13-21)25-30-22(23-16-29-26-28-9-4-10-33(23)26)14-24(31-25)32(2)19-7-11-35-12-8-19/h3-6,9-10,13-14,16,19-20,27,34H,7-8,11-12,15,17H2,1-2H3. The second-order valence-electron chi connectivity index (χ2n) is 8.87. The molecule has 10 nitrogen and oxygen atoms in total. The van der Waals surface area contributed by atoms with Gasteiger partial charge in [0, 0.05) is 56.9 Å². The molecule has 0 amide bonds. The minimum Gasteiger partial charge on any atom is -0.491 e. The van der Waals surface area contributed by atoms with Gasteiger partial charge >= 0.3 is 0 Å². The van der Waals surface area contributed by atoms with Gasteiger partial charge in [-0.1, -0.05) is 12.1 Å². The third-order valence-corrected chi connectivity index (χ3v) is 6.34. The number of imidazole rings is 1. The van der Waals surface area contributed by atoms with Gasteiger partial charge < -0.3 is 24.8 Å². The van der Waals surface area contributed by atoms with Gasteiger partial charge in [0.15, 0.2) is 5.82 Å². The quantitative estimate of drug-likeness (QED) is 0.366.